The van der Waals surface area contributed by atoms with Gasteiger partial charge in [-0.05, 0) is 12.8 Å². The molecule has 2 rings (SSSR count). The highest BCUT2D eigenvalue weighted by molar-refractivity contribution is 5.28. The van der Waals surface area contributed by atoms with Gasteiger partial charge in [-0.2, -0.15) is 0 Å². The van der Waals surface area contributed by atoms with Crippen LogP contribution in [0.5, 0.6) is 0 Å². The zero-order valence-electron chi connectivity index (χ0n) is 7.03. The number of nitrogens with zero attached hydrogens (tertiary/aromatic N) is 2. The van der Waals surface area contributed by atoms with Gasteiger partial charge < -0.3 is 9.88 Å². The quantitative estimate of drug-likeness (QED) is 0.686. The summed E-state index contributed by atoms with van der Waals surface area (Å²) in [5.74, 6) is 0.970. The molecule has 12 heavy (non-hydrogen) atoms. The number of aromatic nitrogens is 2. The van der Waals surface area contributed by atoms with Crippen LogP contribution in [0.25, 0.3) is 0 Å². The molecular formula is C9H13N3. The molecule has 0 amide bonds. The molecule has 1 aliphatic rings. The van der Waals surface area contributed by atoms with Crippen molar-refractivity contribution in [3.05, 3.63) is 25.0 Å². The summed E-state index contributed by atoms with van der Waals surface area (Å²) in [5, 5.41) is 3.20. The molecule has 3 nitrogen and oxygen atoms in total. The highest BCUT2D eigenvalue weighted by atomic mass is 15.2. The van der Waals surface area contributed by atoms with Gasteiger partial charge in [0.05, 0.1) is 0 Å². The van der Waals surface area contributed by atoms with E-state index in [-0.39, 0.29) is 0 Å². The Morgan fingerprint density at radius 3 is 3.25 bits per heavy atom. The van der Waals surface area contributed by atoms with Crippen LogP contribution in [-0.4, -0.2) is 16.1 Å². The maximum Gasteiger partial charge on any atom is 0.203 e. The molecule has 0 spiro atoms. The fraction of sp³-hybridized carbons (Fsp3) is 0.444. The van der Waals surface area contributed by atoms with E-state index < -0.39 is 0 Å². The van der Waals surface area contributed by atoms with Crippen molar-refractivity contribution in [2.24, 2.45) is 0 Å². The van der Waals surface area contributed by atoms with Gasteiger partial charge in [0.1, 0.15) is 0 Å². The van der Waals surface area contributed by atoms with Crippen LogP contribution >= 0.6 is 0 Å². The Morgan fingerprint density at radius 2 is 2.58 bits per heavy atom. The smallest absolute Gasteiger partial charge is 0.203 e. The zero-order chi connectivity index (χ0) is 8.39. The summed E-state index contributed by atoms with van der Waals surface area (Å²) in [6.07, 6.45) is 8.29. The average molecular weight is 163 g/mol. The summed E-state index contributed by atoms with van der Waals surface area (Å²) in [6.45, 7) is 4.43. The highest BCUT2D eigenvalue weighted by Crippen LogP contribution is 2.36. The summed E-state index contributed by atoms with van der Waals surface area (Å²) in [4.78, 5) is 4.22. The number of nitrogens with one attached hydrogen (secondary N) is 1. The predicted molar refractivity (Wildman–Crippen MR) is 49.2 cm³/mol. The molecule has 1 N–H and O–H groups in total. The van der Waals surface area contributed by atoms with Crippen LogP contribution in [0.4, 0.5) is 5.95 Å². The Labute approximate surface area is 72.1 Å². The number of hydrogen-bond donors (Lipinski definition) is 1. The second-order valence-corrected chi connectivity index (χ2v) is 3.06. The average Bonchev–Trinajstić information content (AvgIpc) is 2.83. The lowest BCUT2D eigenvalue weighted by atomic mass is 10.6. The number of imidazole rings is 1. The van der Waals surface area contributed by atoms with E-state index in [1.54, 1.807) is 0 Å². The lowest BCUT2D eigenvalue weighted by molar-refractivity contribution is 0.747. The first-order valence-corrected chi connectivity index (χ1v) is 4.29. The fourth-order valence-corrected chi connectivity index (χ4v) is 1.26. The largest absolute Gasteiger partial charge is 0.352 e. The molecule has 1 heterocycles. The highest BCUT2D eigenvalue weighted by Gasteiger charge is 2.24. The van der Waals surface area contributed by atoms with Crippen LogP contribution in [0.3, 0.4) is 0 Å². The second-order valence-electron chi connectivity index (χ2n) is 3.06. The van der Waals surface area contributed by atoms with Crippen molar-refractivity contribution in [2.45, 2.75) is 18.9 Å². The molecule has 1 aliphatic carbocycles. The molecule has 1 aromatic heterocycles. The van der Waals surface area contributed by atoms with E-state index in [1.165, 1.54) is 12.8 Å². The molecular weight excluding hydrogens is 150 g/mol. The summed E-state index contributed by atoms with van der Waals surface area (Å²) in [7, 11) is 0. The van der Waals surface area contributed by atoms with E-state index in [0.29, 0.717) is 6.04 Å². The first-order valence-electron chi connectivity index (χ1n) is 4.29. The van der Waals surface area contributed by atoms with Crippen LogP contribution in [0.2, 0.25) is 0 Å². The van der Waals surface area contributed by atoms with Crippen LogP contribution in [0, 0.1) is 0 Å². The summed E-state index contributed by atoms with van der Waals surface area (Å²) < 4.78 is 2.20. The first kappa shape index (κ1) is 7.40. The zero-order valence-corrected chi connectivity index (χ0v) is 7.03. The predicted octanol–water partition coefficient (Wildman–Crippen LogP) is 1.82. The third-order valence-electron chi connectivity index (χ3n) is 2.01. The van der Waals surface area contributed by atoms with Crippen LogP contribution in [0.1, 0.15) is 18.9 Å². The number of hydrogen-bond acceptors (Lipinski definition) is 2. The SMILES string of the molecule is C=CCNc1nccn1C1CC1. The van der Waals surface area contributed by atoms with E-state index in [4.69, 9.17) is 0 Å². The van der Waals surface area contributed by atoms with Gasteiger partial charge in [-0.1, -0.05) is 6.08 Å². The van der Waals surface area contributed by atoms with Crippen LogP contribution in [-0.2, 0) is 0 Å². The minimum absolute atomic E-state index is 0.694. The van der Waals surface area contributed by atoms with E-state index in [0.717, 1.165) is 12.5 Å². The molecule has 1 saturated carbocycles. The van der Waals surface area contributed by atoms with Crippen molar-refractivity contribution in [3.8, 4) is 0 Å². The molecule has 3 heteroatoms. The van der Waals surface area contributed by atoms with Crippen molar-refractivity contribution in [1.29, 1.82) is 0 Å². The van der Waals surface area contributed by atoms with Gasteiger partial charge in [0, 0.05) is 25.0 Å². The normalized spacial score (nSPS) is 16.0. The maximum atomic E-state index is 4.22. The van der Waals surface area contributed by atoms with Gasteiger partial charge >= 0.3 is 0 Å². The van der Waals surface area contributed by atoms with Crippen molar-refractivity contribution in [2.75, 3.05) is 11.9 Å². The second kappa shape index (κ2) is 3.01. The molecule has 0 bridgehead atoms. The topological polar surface area (TPSA) is 29.9 Å². The molecule has 0 aliphatic heterocycles. The molecule has 0 saturated heterocycles. The van der Waals surface area contributed by atoms with E-state index >= 15 is 0 Å². The van der Waals surface area contributed by atoms with Crippen molar-refractivity contribution in [3.63, 3.8) is 0 Å². The molecule has 0 unspecified atom stereocenters. The van der Waals surface area contributed by atoms with E-state index in [1.807, 2.05) is 18.5 Å². The third kappa shape index (κ3) is 1.35. The maximum absolute atomic E-state index is 4.22. The lowest BCUT2D eigenvalue weighted by Gasteiger charge is -2.05. The molecule has 0 atom stereocenters. The summed E-state index contributed by atoms with van der Waals surface area (Å²) >= 11 is 0. The summed E-state index contributed by atoms with van der Waals surface area (Å²) in [5.41, 5.74) is 0. The number of rotatable bonds is 4. The molecule has 1 aromatic rings. The lowest BCUT2D eigenvalue weighted by Crippen LogP contribution is -2.05. The van der Waals surface area contributed by atoms with Gasteiger partial charge in [-0.3, -0.25) is 0 Å². The van der Waals surface area contributed by atoms with Gasteiger partial charge in [-0.15, -0.1) is 6.58 Å². The Kier molecular flexibility index (Phi) is 1.86. The fourth-order valence-electron chi connectivity index (χ4n) is 1.26. The molecule has 64 valence electrons. The Bertz CT molecular complexity index is 273. The van der Waals surface area contributed by atoms with Crippen molar-refractivity contribution in [1.82, 2.24) is 9.55 Å². The minimum atomic E-state index is 0.694. The van der Waals surface area contributed by atoms with Crippen LogP contribution < -0.4 is 5.32 Å². The van der Waals surface area contributed by atoms with Gasteiger partial charge in [0.15, 0.2) is 0 Å². The van der Waals surface area contributed by atoms with E-state index in [2.05, 4.69) is 21.4 Å². The summed E-state index contributed by atoms with van der Waals surface area (Å²) in [6, 6.07) is 0.694. The van der Waals surface area contributed by atoms with Crippen molar-refractivity contribution < 1.29 is 0 Å². The van der Waals surface area contributed by atoms with Gasteiger partial charge in [0.25, 0.3) is 0 Å². The standard InChI is InChI=1S/C9H13N3/c1-2-5-10-9-11-6-7-12(9)8-3-4-8/h2,6-8H,1,3-5H2,(H,10,11). The van der Waals surface area contributed by atoms with Gasteiger partial charge in [0.2, 0.25) is 5.95 Å². The van der Waals surface area contributed by atoms with Crippen molar-refractivity contribution >= 4 is 5.95 Å². The Morgan fingerprint density at radius 1 is 1.75 bits per heavy atom. The van der Waals surface area contributed by atoms with Gasteiger partial charge in [-0.25, -0.2) is 4.98 Å². The van der Waals surface area contributed by atoms with Crippen LogP contribution in [0.15, 0.2) is 25.0 Å². The Hall–Kier alpha value is -1.25. The van der Waals surface area contributed by atoms with E-state index in [9.17, 15) is 0 Å². The molecule has 1 fully saturated rings. The third-order valence-corrected chi connectivity index (χ3v) is 2.01. The molecule has 0 radical (unpaired) electrons. The minimum Gasteiger partial charge on any atom is -0.352 e. The monoisotopic (exact) mass is 163 g/mol. The Balaban J connectivity index is 2.07. The number of anilines is 1. The first-order chi connectivity index (χ1) is 5.92. The molecule has 0 aromatic carbocycles.